The molecular formula is C16H20N2. The van der Waals surface area contributed by atoms with Gasteiger partial charge >= 0.3 is 0 Å². The van der Waals surface area contributed by atoms with E-state index in [1.54, 1.807) is 0 Å². The number of hydrogen-bond donors (Lipinski definition) is 1. The Balaban J connectivity index is 2.26. The molecule has 0 saturated carbocycles. The Bertz CT molecular complexity index is 476. The van der Waals surface area contributed by atoms with Crippen molar-refractivity contribution in [3.05, 3.63) is 65.7 Å². The predicted molar refractivity (Wildman–Crippen MR) is 77.8 cm³/mol. The minimum Gasteiger partial charge on any atom is -0.366 e. The van der Waals surface area contributed by atoms with Crippen molar-refractivity contribution in [3.63, 3.8) is 0 Å². The van der Waals surface area contributed by atoms with Crippen LogP contribution < -0.4 is 10.6 Å². The van der Waals surface area contributed by atoms with Crippen LogP contribution in [0.25, 0.3) is 0 Å². The van der Waals surface area contributed by atoms with Crippen LogP contribution in [0.2, 0.25) is 0 Å². The van der Waals surface area contributed by atoms with Gasteiger partial charge in [0.2, 0.25) is 0 Å². The number of hydrogen-bond acceptors (Lipinski definition) is 2. The average molecular weight is 240 g/mol. The quantitative estimate of drug-likeness (QED) is 0.889. The van der Waals surface area contributed by atoms with Crippen molar-refractivity contribution in [1.82, 2.24) is 0 Å². The van der Waals surface area contributed by atoms with Gasteiger partial charge < -0.3 is 10.6 Å². The summed E-state index contributed by atoms with van der Waals surface area (Å²) in [7, 11) is 2.09. The number of nitrogens with two attached hydrogens (primary N) is 1. The Morgan fingerprint density at radius 1 is 1.00 bits per heavy atom. The molecule has 0 radical (unpaired) electrons. The molecule has 2 N–H and O–H groups in total. The zero-order valence-electron chi connectivity index (χ0n) is 11.0. The van der Waals surface area contributed by atoms with Gasteiger partial charge in [-0.3, -0.25) is 0 Å². The summed E-state index contributed by atoms with van der Waals surface area (Å²) in [6.07, 6.45) is 0. The second-order valence-corrected chi connectivity index (χ2v) is 4.61. The fourth-order valence-electron chi connectivity index (χ4n) is 2.15. The molecule has 0 spiro atoms. The SMILES string of the molecule is Cc1ccc(C(CN)N(C)c2ccccc2)cc1. The molecule has 2 nitrogen and oxygen atoms in total. The van der Waals surface area contributed by atoms with E-state index in [4.69, 9.17) is 5.73 Å². The average Bonchev–Trinajstić information content (AvgIpc) is 2.42. The molecule has 0 fully saturated rings. The molecule has 0 aromatic heterocycles. The maximum Gasteiger partial charge on any atom is 0.0661 e. The fraction of sp³-hybridized carbons (Fsp3) is 0.250. The van der Waals surface area contributed by atoms with E-state index in [2.05, 4.69) is 67.4 Å². The first-order valence-electron chi connectivity index (χ1n) is 6.27. The Labute approximate surface area is 109 Å². The van der Waals surface area contributed by atoms with Crippen LogP contribution in [0.5, 0.6) is 0 Å². The molecule has 0 heterocycles. The number of benzene rings is 2. The Kier molecular flexibility index (Phi) is 4.00. The Morgan fingerprint density at radius 3 is 2.17 bits per heavy atom. The summed E-state index contributed by atoms with van der Waals surface area (Å²) in [5.41, 5.74) is 9.66. The van der Waals surface area contributed by atoms with Crippen molar-refractivity contribution in [2.75, 3.05) is 18.5 Å². The molecule has 2 aromatic carbocycles. The minimum atomic E-state index is 0.216. The maximum atomic E-state index is 5.94. The molecule has 0 bridgehead atoms. The largest absolute Gasteiger partial charge is 0.366 e. The summed E-state index contributed by atoms with van der Waals surface area (Å²) in [6.45, 7) is 2.70. The lowest BCUT2D eigenvalue weighted by atomic mass is 10.0. The third kappa shape index (κ3) is 2.71. The van der Waals surface area contributed by atoms with Gasteiger partial charge in [-0.05, 0) is 24.6 Å². The van der Waals surface area contributed by atoms with E-state index in [1.807, 2.05) is 6.07 Å². The van der Waals surface area contributed by atoms with Crippen molar-refractivity contribution >= 4 is 5.69 Å². The highest BCUT2D eigenvalue weighted by Crippen LogP contribution is 2.24. The summed E-state index contributed by atoms with van der Waals surface area (Å²) in [4.78, 5) is 2.23. The van der Waals surface area contributed by atoms with Gasteiger partial charge in [0.05, 0.1) is 6.04 Å². The van der Waals surface area contributed by atoms with Crippen LogP contribution in [0.3, 0.4) is 0 Å². The van der Waals surface area contributed by atoms with Gasteiger partial charge in [0.1, 0.15) is 0 Å². The van der Waals surface area contributed by atoms with E-state index in [0.29, 0.717) is 6.54 Å². The highest BCUT2D eigenvalue weighted by molar-refractivity contribution is 5.48. The molecule has 0 aliphatic rings. The summed E-state index contributed by atoms with van der Waals surface area (Å²) < 4.78 is 0. The van der Waals surface area contributed by atoms with Gasteiger partial charge in [-0.2, -0.15) is 0 Å². The Hall–Kier alpha value is -1.80. The standard InChI is InChI=1S/C16H20N2/c1-13-8-10-14(11-9-13)16(12-17)18(2)15-6-4-3-5-7-15/h3-11,16H,12,17H2,1-2H3. The van der Waals surface area contributed by atoms with Crippen molar-refractivity contribution in [1.29, 1.82) is 0 Å². The second kappa shape index (κ2) is 5.69. The third-order valence-corrected chi connectivity index (χ3v) is 3.32. The van der Waals surface area contributed by atoms with Crippen molar-refractivity contribution < 1.29 is 0 Å². The van der Waals surface area contributed by atoms with Gasteiger partial charge in [-0.25, -0.2) is 0 Å². The zero-order chi connectivity index (χ0) is 13.0. The van der Waals surface area contributed by atoms with E-state index in [9.17, 15) is 0 Å². The number of aryl methyl sites for hydroxylation is 1. The third-order valence-electron chi connectivity index (χ3n) is 3.32. The van der Waals surface area contributed by atoms with Crippen molar-refractivity contribution in [3.8, 4) is 0 Å². The van der Waals surface area contributed by atoms with E-state index in [1.165, 1.54) is 16.8 Å². The highest BCUT2D eigenvalue weighted by atomic mass is 15.1. The molecule has 0 aliphatic carbocycles. The van der Waals surface area contributed by atoms with Crippen LogP contribution in [0.15, 0.2) is 54.6 Å². The van der Waals surface area contributed by atoms with Crippen LogP contribution in [-0.4, -0.2) is 13.6 Å². The molecule has 2 heteroatoms. The van der Waals surface area contributed by atoms with E-state index in [0.717, 1.165) is 0 Å². The minimum absolute atomic E-state index is 0.216. The summed E-state index contributed by atoms with van der Waals surface area (Å²) in [5, 5.41) is 0. The van der Waals surface area contributed by atoms with Gasteiger partial charge in [0.15, 0.2) is 0 Å². The maximum absolute atomic E-state index is 5.94. The first kappa shape index (κ1) is 12.7. The molecule has 0 amide bonds. The summed E-state index contributed by atoms with van der Waals surface area (Å²) in [6, 6.07) is 19.1. The van der Waals surface area contributed by atoms with Crippen LogP contribution >= 0.6 is 0 Å². The van der Waals surface area contributed by atoms with Crippen molar-refractivity contribution in [2.24, 2.45) is 5.73 Å². The van der Waals surface area contributed by atoms with Gasteiger partial charge in [-0.1, -0.05) is 48.0 Å². The molecule has 0 saturated heterocycles. The topological polar surface area (TPSA) is 29.3 Å². The molecule has 1 unspecified atom stereocenters. The van der Waals surface area contributed by atoms with Crippen LogP contribution in [0.4, 0.5) is 5.69 Å². The van der Waals surface area contributed by atoms with Crippen LogP contribution in [0, 0.1) is 6.92 Å². The second-order valence-electron chi connectivity index (χ2n) is 4.61. The number of likely N-dealkylation sites (N-methyl/N-ethyl adjacent to an activating group) is 1. The van der Waals surface area contributed by atoms with Gasteiger partial charge in [-0.15, -0.1) is 0 Å². The smallest absolute Gasteiger partial charge is 0.0661 e. The van der Waals surface area contributed by atoms with Crippen LogP contribution in [0.1, 0.15) is 17.2 Å². The molecule has 94 valence electrons. The first-order chi connectivity index (χ1) is 8.72. The number of anilines is 1. The number of rotatable bonds is 4. The highest BCUT2D eigenvalue weighted by Gasteiger charge is 2.15. The predicted octanol–water partition coefficient (Wildman–Crippen LogP) is 3.13. The molecule has 0 aliphatic heterocycles. The lowest BCUT2D eigenvalue weighted by molar-refractivity contribution is 0.680. The molecule has 1 atom stereocenters. The molecular weight excluding hydrogens is 220 g/mol. The van der Waals surface area contributed by atoms with Crippen LogP contribution in [-0.2, 0) is 0 Å². The monoisotopic (exact) mass is 240 g/mol. The zero-order valence-corrected chi connectivity index (χ0v) is 11.0. The lowest BCUT2D eigenvalue weighted by Crippen LogP contribution is -2.30. The fourth-order valence-corrected chi connectivity index (χ4v) is 2.15. The van der Waals surface area contributed by atoms with E-state index >= 15 is 0 Å². The Morgan fingerprint density at radius 2 is 1.61 bits per heavy atom. The summed E-state index contributed by atoms with van der Waals surface area (Å²) >= 11 is 0. The van der Waals surface area contributed by atoms with Gasteiger partial charge in [0.25, 0.3) is 0 Å². The number of nitrogens with zero attached hydrogens (tertiary/aromatic N) is 1. The molecule has 2 aromatic rings. The lowest BCUT2D eigenvalue weighted by Gasteiger charge is -2.29. The van der Waals surface area contributed by atoms with Gasteiger partial charge in [0, 0.05) is 19.3 Å². The van der Waals surface area contributed by atoms with Crippen molar-refractivity contribution in [2.45, 2.75) is 13.0 Å². The molecule has 2 rings (SSSR count). The first-order valence-corrected chi connectivity index (χ1v) is 6.27. The van der Waals surface area contributed by atoms with E-state index < -0.39 is 0 Å². The normalized spacial score (nSPS) is 12.2. The molecule has 18 heavy (non-hydrogen) atoms. The summed E-state index contributed by atoms with van der Waals surface area (Å²) in [5.74, 6) is 0. The number of para-hydroxylation sites is 1. The van der Waals surface area contributed by atoms with E-state index in [-0.39, 0.29) is 6.04 Å².